The van der Waals surface area contributed by atoms with E-state index in [0.29, 0.717) is 11.5 Å². The highest BCUT2D eigenvalue weighted by atomic mass is 16.5. The molecule has 16 heavy (non-hydrogen) atoms. The monoisotopic (exact) mass is 222 g/mol. The van der Waals surface area contributed by atoms with Crippen LogP contribution >= 0.6 is 0 Å². The summed E-state index contributed by atoms with van der Waals surface area (Å²) in [5.74, 6) is 1.15. The summed E-state index contributed by atoms with van der Waals surface area (Å²) < 4.78 is 5.34. The van der Waals surface area contributed by atoms with Crippen molar-refractivity contribution in [1.29, 1.82) is 0 Å². The highest BCUT2D eigenvalue weighted by Crippen LogP contribution is 2.25. The van der Waals surface area contributed by atoms with E-state index in [9.17, 15) is 0 Å². The highest BCUT2D eigenvalue weighted by Gasteiger charge is 2.27. The molecule has 1 fully saturated rings. The first-order chi connectivity index (χ1) is 7.59. The van der Waals surface area contributed by atoms with Crippen LogP contribution < -0.4 is 16.8 Å². The third-order valence-electron chi connectivity index (χ3n) is 2.98. The lowest BCUT2D eigenvalue weighted by atomic mass is 9.92. The van der Waals surface area contributed by atoms with Gasteiger partial charge < -0.3 is 21.5 Å². The molecular formula is C11H18N4O. The average Bonchev–Trinajstić information content (AvgIpc) is 2.24. The minimum Gasteiger partial charge on any atom is -0.396 e. The number of ether oxygens (including phenoxy) is 1. The van der Waals surface area contributed by atoms with Gasteiger partial charge in [-0.3, -0.25) is 0 Å². The summed E-state index contributed by atoms with van der Waals surface area (Å²) in [4.78, 5) is 4.21. The van der Waals surface area contributed by atoms with E-state index in [2.05, 4.69) is 17.2 Å². The molecule has 0 amide bonds. The van der Waals surface area contributed by atoms with E-state index in [1.807, 2.05) is 6.07 Å². The molecular weight excluding hydrogens is 204 g/mol. The number of pyridine rings is 1. The van der Waals surface area contributed by atoms with Gasteiger partial charge >= 0.3 is 0 Å². The van der Waals surface area contributed by atoms with Gasteiger partial charge in [0.05, 0.1) is 5.69 Å². The van der Waals surface area contributed by atoms with Crippen LogP contribution in [-0.4, -0.2) is 23.7 Å². The molecule has 0 atom stereocenters. The number of hydrogen-bond donors (Lipinski definition) is 3. The fourth-order valence-corrected chi connectivity index (χ4v) is 1.81. The number of rotatable bonds is 2. The van der Waals surface area contributed by atoms with Gasteiger partial charge in [0, 0.05) is 18.8 Å². The fourth-order valence-electron chi connectivity index (χ4n) is 1.81. The number of nitrogens with one attached hydrogen (secondary N) is 1. The third-order valence-corrected chi connectivity index (χ3v) is 2.98. The van der Waals surface area contributed by atoms with Crippen LogP contribution in [0.3, 0.4) is 0 Å². The smallest absolute Gasteiger partial charge is 0.149 e. The Hall–Kier alpha value is -1.49. The molecule has 1 aliphatic rings. The molecule has 2 heterocycles. The number of anilines is 3. The van der Waals surface area contributed by atoms with Crippen LogP contribution in [0.5, 0.6) is 0 Å². The van der Waals surface area contributed by atoms with Crippen LogP contribution in [0.2, 0.25) is 0 Å². The second kappa shape index (κ2) is 4.17. The molecule has 0 spiro atoms. The lowest BCUT2D eigenvalue weighted by Gasteiger charge is -2.35. The summed E-state index contributed by atoms with van der Waals surface area (Å²) >= 11 is 0. The summed E-state index contributed by atoms with van der Waals surface area (Å²) in [6.45, 7) is 3.74. The molecule has 1 aromatic rings. The van der Waals surface area contributed by atoms with Crippen molar-refractivity contribution in [3.05, 3.63) is 12.1 Å². The quantitative estimate of drug-likeness (QED) is 0.700. The normalized spacial score (nSPS) is 19.3. The summed E-state index contributed by atoms with van der Waals surface area (Å²) in [7, 11) is 0. The minimum absolute atomic E-state index is 0.0355. The SMILES string of the molecule is CC1(Nc2ccc(N)c(N)n2)CCOCC1. The number of hydrogen-bond acceptors (Lipinski definition) is 5. The Bertz CT molecular complexity index is 374. The van der Waals surface area contributed by atoms with Crippen LogP contribution in [0.4, 0.5) is 17.3 Å². The zero-order valence-corrected chi connectivity index (χ0v) is 9.49. The van der Waals surface area contributed by atoms with Crippen LogP contribution in [-0.2, 0) is 4.74 Å². The summed E-state index contributed by atoms with van der Waals surface area (Å²) in [5.41, 5.74) is 11.8. The molecule has 1 saturated heterocycles. The molecule has 0 saturated carbocycles. The van der Waals surface area contributed by atoms with Crippen LogP contribution in [0.25, 0.3) is 0 Å². The minimum atomic E-state index is 0.0355. The lowest BCUT2D eigenvalue weighted by molar-refractivity contribution is 0.0657. The van der Waals surface area contributed by atoms with Gasteiger partial charge in [-0.05, 0) is 31.9 Å². The van der Waals surface area contributed by atoms with E-state index in [1.54, 1.807) is 6.07 Å². The Kier molecular flexibility index (Phi) is 2.87. The van der Waals surface area contributed by atoms with E-state index in [0.717, 1.165) is 31.9 Å². The molecule has 0 bridgehead atoms. The Labute approximate surface area is 95.2 Å². The van der Waals surface area contributed by atoms with Crippen LogP contribution in [0.15, 0.2) is 12.1 Å². The van der Waals surface area contributed by atoms with Gasteiger partial charge in [0.25, 0.3) is 0 Å². The number of nitrogen functional groups attached to an aromatic ring is 2. The molecule has 2 rings (SSSR count). The van der Waals surface area contributed by atoms with Crippen LogP contribution in [0, 0.1) is 0 Å². The number of aromatic nitrogens is 1. The summed E-state index contributed by atoms with van der Waals surface area (Å²) in [5, 5.41) is 3.40. The third kappa shape index (κ3) is 2.36. The first-order valence-corrected chi connectivity index (χ1v) is 5.47. The first kappa shape index (κ1) is 11.0. The maximum absolute atomic E-state index is 5.67. The Morgan fingerprint density at radius 3 is 2.62 bits per heavy atom. The average molecular weight is 222 g/mol. The van der Waals surface area contributed by atoms with Gasteiger partial charge in [0.1, 0.15) is 11.6 Å². The molecule has 5 nitrogen and oxygen atoms in total. The van der Waals surface area contributed by atoms with E-state index in [-0.39, 0.29) is 5.54 Å². The van der Waals surface area contributed by atoms with Gasteiger partial charge in [-0.15, -0.1) is 0 Å². The maximum Gasteiger partial charge on any atom is 0.149 e. The van der Waals surface area contributed by atoms with Crippen molar-refractivity contribution in [3.63, 3.8) is 0 Å². The van der Waals surface area contributed by atoms with Gasteiger partial charge in [-0.2, -0.15) is 0 Å². The van der Waals surface area contributed by atoms with Gasteiger partial charge in [-0.1, -0.05) is 0 Å². The summed E-state index contributed by atoms with van der Waals surface area (Å²) in [6.07, 6.45) is 1.94. The van der Waals surface area contributed by atoms with Gasteiger partial charge in [-0.25, -0.2) is 4.98 Å². The molecule has 1 aliphatic heterocycles. The Balaban J connectivity index is 2.10. The van der Waals surface area contributed by atoms with E-state index in [1.165, 1.54) is 0 Å². The molecule has 0 unspecified atom stereocenters. The number of nitrogens with zero attached hydrogens (tertiary/aromatic N) is 1. The fraction of sp³-hybridized carbons (Fsp3) is 0.545. The van der Waals surface area contributed by atoms with Crippen molar-refractivity contribution in [1.82, 2.24) is 4.98 Å². The van der Waals surface area contributed by atoms with Gasteiger partial charge in [0.2, 0.25) is 0 Å². The van der Waals surface area contributed by atoms with Gasteiger partial charge in [0.15, 0.2) is 0 Å². The Morgan fingerprint density at radius 1 is 1.31 bits per heavy atom. The molecule has 0 aromatic carbocycles. The van der Waals surface area contributed by atoms with E-state index >= 15 is 0 Å². The molecule has 0 aliphatic carbocycles. The topological polar surface area (TPSA) is 86.2 Å². The predicted octanol–water partition coefficient (Wildman–Crippen LogP) is 1.23. The molecule has 1 aromatic heterocycles. The van der Waals surface area contributed by atoms with Crippen molar-refractivity contribution < 1.29 is 4.74 Å². The zero-order valence-electron chi connectivity index (χ0n) is 9.49. The lowest BCUT2D eigenvalue weighted by Crippen LogP contribution is -2.40. The van der Waals surface area contributed by atoms with E-state index < -0.39 is 0 Å². The molecule has 0 radical (unpaired) electrons. The van der Waals surface area contributed by atoms with Crippen molar-refractivity contribution in [2.45, 2.75) is 25.3 Å². The molecule has 5 heteroatoms. The van der Waals surface area contributed by atoms with Crippen molar-refractivity contribution in [2.75, 3.05) is 30.0 Å². The van der Waals surface area contributed by atoms with Crippen molar-refractivity contribution in [2.24, 2.45) is 0 Å². The van der Waals surface area contributed by atoms with Crippen molar-refractivity contribution >= 4 is 17.3 Å². The Morgan fingerprint density at radius 2 is 2.00 bits per heavy atom. The second-order valence-electron chi connectivity index (χ2n) is 4.47. The summed E-state index contributed by atoms with van der Waals surface area (Å²) in [6, 6.07) is 3.62. The standard InChI is InChI=1S/C11H18N4O/c1-11(4-6-16-7-5-11)15-9-3-2-8(12)10(13)14-9/h2-3H,4-7,12H2,1H3,(H3,13,14,15). The highest BCUT2D eigenvalue weighted by molar-refractivity contribution is 5.61. The predicted molar refractivity (Wildman–Crippen MR) is 65.1 cm³/mol. The van der Waals surface area contributed by atoms with E-state index in [4.69, 9.17) is 16.2 Å². The maximum atomic E-state index is 5.67. The largest absolute Gasteiger partial charge is 0.396 e. The number of nitrogens with two attached hydrogens (primary N) is 2. The molecule has 88 valence electrons. The molecule has 5 N–H and O–H groups in total. The first-order valence-electron chi connectivity index (χ1n) is 5.47. The van der Waals surface area contributed by atoms with Crippen molar-refractivity contribution in [3.8, 4) is 0 Å². The zero-order chi connectivity index (χ0) is 11.6. The van der Waals surface area contributed by atoms with Crippen LogP contribution in [0.1, 0.15) is 19.8 Å². The second-order valence-corrected chi connectivity index (χ2v) is 4.47.